The van der Waals surface area contributed by atoms with Crippen molar-refractivity contribution in [2.75, 3.05) is 105 Å². The monoisotopic (exact) mass is 494 g/mol. The fraction of sp³-hybridized carbons (Fsp3) is 1.00. The molecule has 10 N–H and O–H groups in total. The van der Waals surface area contributed by atoms with Gasteiger partial charge in [-0.2, -0.15) is 0 Å². The fourth-order valence-electron chi connectivity index (χ4n) is 3.35. The third kappa shape index (κ3) is 16.2. The van der Waals surface area contributed by atoms with E-state index >= 15 is 0 Å². The molecule has 1 aliphatic rings. The van der Waals surface area contributed by atoms with Gasteiger partial charge in [0.05, 0.1) is 45.2 Å². The minimum Gasteiger partial charge on any atom is -0.389 e. The predicted molar refractivity (Wildman–Crippen MR) is 132 cm³/mol. The summed E-state index contributed by atoms with van der Waals surface area (Å²) in [6.45, 7) is 10.3. The van der Waals surface area contributed by atoms with Crippen LogP contribution in [0.2, 0.25) is 0 Å². The fourth-order valence-corrected chi connectivity index (χ4v) is 3.35. The molecule has 204 valence electrons. The Morgan fingerprint density at radius 3 is 2.06 bits per heavy atom. The van der Waals surface area contributed by atoms with Crippen LogP contribution in [-0.2, 0) is 14.2 Å². The molecule has 12 heteroatoms. The molecule has 0 aliphatic carbocycles. The van der Waals surface area contributed by atoms with Crippen molar-refractivity contribution in [1.82, 2.24) is 26.6 Å². The second-order valence-electron chi connectivity index (χ2n) is 8.86. The van der Waals surface area contributed by atoms with Crippen LogP contribution in [0.1, 0.15) is 13.3 Å². The second kappa shape index (κ2) is 20.7. The lowest BCUT2D eigenvalue weighted by Crippen LogP contribution is -2.43. The molecule has 1 aliphatic heterocycles. The number of rotatable bonds is 11. The van der Waals surface area contributed by atoms with Crippen LogP contribution in [0.3, 0.4) is 0 Å². The Kier molecular flexibility index (Phi) is 19.2. The molecule has 1 fully saturated rings. The lowest BCUT2D eigenvalue weighted by atomic mass is 9.88. The van der Waals surface area contributed by atoms with Crippen molar-refractivity contribution in [2.24, 2.45) is 11.1 Å². The number of nitrogens with two attached hydrogens (primary N) is 1. The van der Waals surface area contributed by atoms with Gasteiger partial charge in [-0.05, 0) is 6.42 Å². The quantitative estimate of drug-likeness (QED) is 0.102. The largest absolute Gasteiger partial charge is 0.389 e. The molecule has 1 heterocycles. The number of aliphatic hydroxyl groups is 3. The molecule has 0 spiro atoms. The summed E-state index contributed by atoms with van der Waals surface area (Å²) in [7, 11) is 0. The van der Waals surface area contributed by atoms with Gasteiger partial charge in [0.1, 0.15) is 0 Å². The Bertz CT molecular complexity index is 446. The van der Waals surface area contributed by atoms with Gasteiger partial charge in [0, 0.05) is 77.4 Å². The molecule has 0 saturated carbocycles. The van der Waals surface area contributed by atoms with E-state index in [2.05, 4.69) is 26.6 Å². The summed E-state index contributed by atoms with van der Waals surface area (Å²) in [5, 5.41) is 46.7. The van der Waals surface area contributed by atoms with Crippen molar-refractivity contribution in [2.45, 2.75) is 31.8 Å². The first-order valence-corrected chi connectivity index (χ1v) is 12.6. The molecule has 0 bridgehead atoms. The van der Waals surface area contributed by atoms with Gasteiger partial charge in [0.25, 0.3) is 0 Å². The summed E-state index contributed by atoms with van der Waals surface area (Å²) in [4.78, 5) is 0. The first-order chi connectivity index (χ1) is 16.5. The highest BCUT2D eigenvalue weighted by molar-refractivity contribution is 4.79. The van der Waals surface area contributed by atoms with Gasteiger partial charge in [0.15, 0.2) is 6.29 Å². The summed E-state index contributed by atoms with van der Waals surface area (Å²) in [5.74, 6) is 0. The number of hydrogen-bond donors (Lipinski definition) is 9. The van der Waals surface area contributed by atoms with Crippen molar-refractivity contribution in [3.63, 3.8) is 0 Å². The topological polar surface area (TPSA) is 175 Å². The van der Waals surface area contributed by atoms with Gasteiger partial charge >= 0.3 is 0 Å². The molecule has 12 nitrogen and oxygen atoms in total. The Balaban J connectivity index is 2.55. The summed E-state index contributed by atoms with van der Waals surface area (Å²) < 4.78 is 17.4. The van der Waals surface area contributed by atoms with E-state index in [1.165, 1.54) is 0 Å². The first-order valence-electron chi connectivity index (χ1n) is 12.6. The minimum atomic E-state index is -0.968. The van der Waals surface area contributed by atoms with E-state index < -0.39 is 23.9 Å². The van der Waals surface area contributed by atoms with Gasteiger partial charge in [-0.3, -0.25) is 0 Å². The SMILES string of the molecule is CCC1(COC(O)CNCCNCCN)COCC(O)CNCCNCCNCC(O)COC1. The summed E-state index contributed by atoms with van der Waals surface area (Å²) in [6, 6.07) is 0. The van der Waals surface area contributed by atoms with Crippen molar-refractivity contribution in [1.29, 1.82) is 0 Å². The standard InChI is InChI=1S/C22H50N6O6/c1-2-22(18-34-21(31)13-28-10-5-24-4-3-23)16-32-14-19(29)11-26-8-6-25-7-9-27-12-20(30)15-33-17-22/h19-21,24-31H,2-18,23H2,1H3. The van der Waals surface area contributed by atoms with Crippen LogP contribution in [0.25, 0.3) is 0 Å². The number of aliphatic hydroxyl groups excluding tert-OH is 3. The summed E-state index contributed by atoms with van der Waals surface area (Å²) in [5.41, 5.74) is 4.92. The smallest absolute Gasteiger partial charge is 0.167 e. The highest BCUT2D eigenvalue weighted by atomic mass is 16.6. The van der Waals surface area contributed by atoms with Crippen LogP contribution < -0.4 is 32.3 Å². The van der Waals surface area contributed by atoms with Crippen LogP contribution >= 0.6 is 0 Å². The Morgan fingerprint density at radius 1 is 0.941 bits per heavy atom. The zero-order valence-corrected chi connectivity index (χ0v) is 20.9. The maximum atomic E-state index is 10.3. The highest BCUT2D eigenvalue weighted by Gasteiger charge is 2.31. The third-order valence-electron chi connectivity index (χ3n) is 5.60. The van der Waals surface area contributed by atoms with Crippen LogP contribution in [0.5, 0.6) is 0 Å². The number of nitrogens with one attached hydrogen (secondary N) is 5. The zero-order chi connectivity index (χ0) is 24.9. The normalized spacial score (nSPS) is 28.1. The van der Waals surface area contributed by atoms with Crippen molar-refractivity contribution < 1.29 is 29.5 Å². The van der Waals surface area contributed by atoms with Crippen LogP contribution in [0.15, 0.2) is 0 Å². The zero-order valence-electron chi connectivity index (χ0n) is 20.9. The summed E-state index contributed by atoms with van der Waals surface area (Å²) in [6.07, 6.45) is -1.53. The maximum Gasteiger partial charge on any atom is 0.167 e. The average Bonchev–Trinajstić information content (AvgIpc) is 2.82. The van der Waals surface area contributed by atoms with Gasteiger partial charge in [-0.15, -0.1) is 0 Å². The van der Waals surface area contributed by atoms with Gasteiger partial charge in [-0.1, -0.05) is 6.92 Å². The van der Waals surface area contributed by atoms with Crippen LogP contribution in [-0.4, -0.2) is 139 Å². The molecular formula is C22H50N6O6. The number of ether oxygens (including phenoxy) is 3. The third-order valence-corrected chi connectivity index (χ3v) is 5.60. The van der Waals surface area contributed by atoms with E-state index in [0.29, 0.717) is 52.4 Å². The maximum absolute atomic E-state index is 10.3. The van der Waals surface area contributed by atoms with Crippen molar-refractivity contribution in [3.05, 3.63) is 0 Å². The molecule has 3 atom stereocenters. The Hall–Kier alpha value is -0.480. The molecule has 3 unspecified atom stereocenters. The van der Waals surface area contributed by atoms with Gasteiger partial charge < -0.3 is 61.8 Å². The molecule has 0 amide bonds. The van der Waals surface area contributed by atoms with Gasteiger partial charge in [-0.25, -0.2) is 0 Å². The second-order valence-corrected chi connectivity index (χ2v) is 8.86. The van der Waals surface area contributed by atoms with E-state index in [0.717, 1.165) is 39.3 Å². The number of hydrogen-bond acceptors (Lipinski definition) is 12. The van der Waals surface area contributed by atoms with Crippen molar-refractivity contribution >= 4 is 0 Å². The molecule has 0 aromatic heterocycles. The Morgan fingerprint density at radius 2 is 1.50 bits per heavy atom. The molecular weight excluding hydrogens is 444 g/mol. The first kappa shape index (κ1) is 31.5. The highest BCUT2D eigenvalue weighted by Crippen LogP contribution is 2.24. The van der Waals surface area contributed by atoms with E-state index in [-0.39, 0.29) is 19.8 Å². The van der Waals surface area contributed by atoms with Crippen LogP contribution in [0.4, 0.5) is 0 Å². The Labute approximate surface area is 204 Å². The molecule has 1 saturated heterocycles. The van der Waals surface area contributed by atoms with E-state index in [1.807, 2.05) is 6.92 Å². The molecule has 34 heavy (non-hydrogen) atoms. The van der Waals surface area contributed by atoms with Crippen LogP contribution in [0, 0.1) is 5.41 Å². The van der Waals surface area contributed by atoms with E-state index in [1.54, 1.807) is 0 Å². The summed E-state index contributed by atoms with van der Waals surface area (Å²) >= 11 is 0. The predicted octanol–water partition coefficient (Wildman–Crippen LogP) is -3.61. The van der Waals surface area contributed by atoms with Gasteiger partial charge in [0.2, 0.25) is 0 Å². The molecule has 1 rings (SSSR count). The minimum absolute atomic E-state index is 0.189. The van der Waals surface area contributed by atoms with E-state index in [9.17, 15) is 15.3 Å². The number of β-amino-alcohol motifs (C(OH)–C–C–N with tert-alkyl or cyclic N) is 2. The molecule has 0 aromatic rings. The van der Waals surface area contributed by atoms with Crippen molar-refractivity contribution in [3.8, 4) is 0 Å². The average molecular weight is 495 g/mol. The lowest BCUT2D eigenvalue weighted by molar-refractivity contribution is -0.153. The lowest BCUT2D eigenvalue weighted by Gasteiger charge is -2.33. The molecule has 0 radical (unpaired) electrons. The molecule has 0 aromatic carbocycles. The van der Waals surface area contributed by atoms with E-state index in [4.69, 9.17) is 19.9 Å².